The lowest BCUT2D eigenvalue weighted by atomic mass is 9.94. The summed E-state index contributed by atoms with van der Waals surface area (Å²) in [6.45, 7) is 9.01. The molecule has 6 nitrogen and oxygen atoms in total. The van der Waals surface area contributed by atoms with Gasteiger partial charge in [0, 0.05) is 37.1 Å². The van der Waals surface area contributed by atoms with Crippen LogP contribution in [0.1, 0.15) is 38.5 Å². The Morgan fingerprint density at radius 2 is 1.96 bits per heavy atom. The van der Waals surface area contributed by atoms with E-state index in [0.717, 1.165) is 35.4 Å². The number of benzene rings is 1. The first kappa shape index (κ1) is 16.5. The summed E-state index contributed by atoms with van der Waals surface area (Å²) < 4.78 is 11.9. The highest BCUT2D eigenvalue weighted by molar-refractivity contribution is 7.09. The molecule has 0 spiro atoms. The van der Waals surface area contributed by atoms with Crippen LogP contribution in [0.3, 0.4) is 0 Å². The third kappa shape index (κ3) is 2.91. The van der Waals surface area contributed by atoms with E-state index >= 15 is 0 Å². The van der Waals surface area contributed by atoms with E-state index in [-0.39, 0.29) is 5.41 Å². The summed E-state index contributed by atoms with van der Waals surface area (Å²) >= 11 is 1.45. The molecule has 3 heterocycles. The van der Waals surface area contributed by atoms with Gasteiger partial charge >= 0.3 is 0 Å². The summed E-state index contributed by atoms with van der Waals surface area (Å²) in [6.07, 6.45) is 0. The van der Waals surface area contributed by atoms with Crippen LogP contribution in [0, 0.1) is 0 Å². The smallest absolute Gasteiger partial charge is 0.205 e. The van der Waals surface area contributed by atoms with E-state index in [2.05, 4.69) is 63.9 Å². The molecule has 0 aliphatic carbocycles. The number of para-hydroxylation sites is 2. The van der Waals surface area contributed by atoms with Crippen LogP contribution in [0.15, 0.2) is 24.3 Å². The van der Waals surface area contributed by atoms with Crippen molar-refractivity contribution in [2.75, 3.05) is 25.1 Å². The van der Waals surface area contributed by atoms with Crippen molar-refractivity contribution in [3.05, 3.63) is 35.9 Å². The summed E-state index contributed by atoms with van der Waals surface area (Å²) in [7, 11) is 1.67. The monoisotopic (exact) mass is 357 g/mol. The van der Waals surface area contributed by atoms with Crippen LogP contribution in [0.2, 0.25) is 0 Å². The van der Waals surface area contributed by atoms with Gasteiger partial charge in [-0.2, -0.15) is 4.37 Å². The number of nitrogens with zero attached hydrogens (tertiary/aromatic N) is 5. The third-order valence-electron chi connectivity index (χ3n) is 4.50. The Morgan fingerprint density at radius 3 is 2.68 bits per heavy atom. The number of imidazole rings is 1. The number of fused-ring (bicyclic) bond motifs is 1. The van der Waals surface area contributed by atoms with Crippen molar-refractivity contribution >= 4 is 27.7 Å². The Morgan fingerprint density at radius 1 is 1.20 bits per heavy atom. The fraction of sp³-hybridized carbons (Fsp3) is 0.500. The maximum Gasteiger partial charge on any atom is 0.205 e. The van der Waals surface area contributed by atoms with E-state index < -0.39 is 0 Å². The molecule has 1 aromatic carbocycles. The summed E-state index contributed by atoms with van der Waals surface area (Å²) in [4.78, 5) is 11.8. The van der Waals surface area contributed by atoms with Crippen molar-refractivity contribution in [2.24, 2.45) is 0 Å². The minimum atomic E-state index is 0.00775. The molecule has 3 aromatic rings. The topological polar surface area (TPSA) is 56.1 Å². The number of ether oxygens (including phenoxy) is 1. The zero-order valence-electron chi connectivity index (χ0n) is 15.1. The normalized spacial score (nSPS) is 15.8. The van der Waals surface area contributed by atoms with Gasteiger partial charge in [-0.25, -0.2) is 9.97 Å². The average molecular weight is 357 g/mol. The summed E-state index contributed by atoms with van der Waals surface area (Å²) in [5.41, 5.74) is 2.30. The molecule has 1 aliphatic rings. The minimum absolute atomic E-state index is 0.00775. The summed E-state index contributed by atoms with van der Waals surface area (Å²) in [5, 5.41) is 0.977. The first-order valence-corrected chi connectivity index (χ1v) is 9.28. The molecule has 1 aliphatic heterocycles. The lowest BCUT2D eigenvalue weighted by Crippen LogP contribution is -2.48. The van der Waals surface area contributed by atoms with E-state index in [9.17, 15) is 0 Å². The number of anilines is 1. The molecule has 0 radical (unpaired) electrons. The Labute approximate surface area is 151 Å². The third-order valence-corrected chi connectivity index (χ3v) is 5.31. The van der Waals surface area contributed by atoms with Gasteiger partial charge in [0.15, 0.2) is 5.82 Å². The highest BCUT2D eigenvalue weighted by Crippen LogP contribution is 2.35. The molecular formula is C18H23N5OS. The zero-order valence-corrected chi connectivity index (χ0v) is 15.9. The van der Waals surface area contributed by atoms with E-state index in [1.165, 1.54) is 17.0 Å². The van der Waals surface area contributed by atoms with Crippen LogP contribution in [-0.2, 0) is 16.8 Å². The molecule has 25 heavy (non-hydrogen) atoms. The van der Waals surface area contributed by atoms with Crippen molar-refractivity contribution in [1.29, 1.82) is 0 Å². The van der Waals surface area contributed by atoms with Crippen molar-refractivity contribution in [3.63, 3.8) is 0 Å². The molecule has 0 bridgehead atoms. The predicted octanol–water partition coefficient (Wildman–Crippen LogP) is 3.39. The predicted molar refractivity (Wildman–Crippen MR) is 100 cm³/mol. The maximum atomic E-state index is 5.10. The second-order valence-corrected chi connectivity index (χ2v) is 8.26. The second-order valence-electron chi connectivity index (χ2n) is 7.53. The van der Waals surface area contributed by atoms with Crippen LogP contribution < -0.4 is 4.90 Å². The van der Waals surface area contributed by atoms with Crippen molar-refractivity contribution in [2.45, 2.75) is 38.8 Å². The first-order valence-electron chi connectivity index (χ1n) is 8.51. The quantitative estimate of drug-likeness (QED) is 0.716. The van der Waals surface area contributed by atoms with Crippen LogP contribution in [0.4, 0.5) is 5.13 Å². The van der Waals surface area contributed by atoms with Gasteiger partial charge in [-0.05, 0) is 12.1 Å². The fourth-order valence-electron chi connectivity index (χ4n) is 3.28. The molecular weight excluding hydrogens is 334 g/mol. The van der Waals surface area contributed by atoms with E-state index in [4.69, 9.17) is 9.72 Å². The molecule has 0 unspecified atom stereocenters. The SMILES string of the molecule is COCc1nsc(N2CC(n3c(C(C)(C)C)nc4ccccc43)C2)n1. The molecule has 1 fully saturated rings. The highest BCUT2D eigenvalue weighted by atomic mass is 32.1. The van der Waals surface area contributed by atoms with Gasteiger partial charge in [-0.15, -0.1) is 0 Å². The van der Waals surface area contributed by atoms with Gasteiger partial charge in [0.05, 0.1) is 17.1 Å². The lowest BCUT2D eigenvalue weighted by Gasteiger charge is -2.41. The minimum Gasteiger partial charge on any atom is -0.377 e. The van der Waals surface area contributed by atoms with Crippen LogP contribution >= 0.6 is 11.5 Å². The second kappa shape index (κ2) is 6.07. The number of hydrogen-bond acceptors (Lipinski definition) is 6. The summed E-state index contributed by atoms with van der Waals surface area (Å²) in [5.74, 6) is 1.91. The molecule has 0 atom stereocenters. The van der Waals surface area contributed by atoms with Gasteiger partial charge in [0.1, 0.15) is 12.4 Å². The fourth-order valence-corrected chi connectivity index (χ4v) is 3.97. The number of methoxy groups -OCH3 is 1. The standard InChI is InChI=1S/C18H23N5OS/c1-18(2,3)16-19-13-7-5-6-8-14(13)23(16)12-9-22(10-12)17-20-15(11-24-4)21-25-17/h5-8,12H,9-11H2,1-4H3. The van der Waals surface area contributed by atoms with Gasteiger partial charge in [0.2, 0.25) is 5.13 Å². The number of hydrogen-bond donors (Lipinski definition) is 0. The molecule has 7 heteroatoms. The van der Waals surface area contributed by atoms with Crippen LogP contribution in [0.5, 0.6) is 0 Å². The lowest BCUT2D eigenvalue weighted by molar-refractivity contribution is 0.179. The first-order chi connectivity index (χ1) is 12.0. The largest absolute Gasteiger partial charge is 0.377 e. The van der Waals surface area contributed by atoms with E-state index in [0.29, 0.717) is 12.6 Å². The Balaban J connectivity index is 1.61. The molecule has 2 aromatic heterocycles. The van der Waals surface area contributed by atoms with E-state index in [1.54, 1.807) is 7.11 Å². The Bertz CT molecular complexity index is 888. The molecule has 0 amide bonds. The average Bonchev–Trinajstić information content (AvgIpc) is 3.11. The summed E-state index contributed by atoms with van der Waals surface area (Å²) in [6, 6.07) is 8.82. The zero-order chi connectivity index (χ0) is 17.6. The molecule has 1 saturated heterocycles. The van der Waals surface area contributed by atoms with Crippen LogP contribution in [-0.4, -0.2) is 39.1 Å². The van der Waals surface area contributed by atoms with Gasteiger partial charge in [-0.3, -0.25) is 0 Å². The van der Waals surface area contributed by atoms with Crippen molar-refractivity contribution in [1.82, 2.24) is 18.9 Å². The maximum absolute atomic E-state index is 5.10. The van der Waals surface area contributed by atoms with Gasteiger partial charge < -0.3 is 14.2 Å². The number of aromatic nitrogens is 4. The van der Waals surface area contributed by atoms with Crippen molar-refractivity contribution in [3.8, 4) is 0 Å². The van der Waals surface area contributed by atoms with Crippen molar-refractivity contribution < 1.29 is 4.74 Å². The van der Waals surface area contributed by atoms with Gasteiger partial charge in [-0.1, -0.05) is 32.9 Å². The molecule has 0 saturated carbocycles. The molecule has 0 N–H and O–H groups in total. The van der Waals surface area contributed by atoms with Crippen LogP contribution in [0.25, 0.3) is 11.0 Å². The molecule has 4 rings (SSSR count). The Kier molecular flexibility index (Phi) is 4.00. The highest BCUT2D eigenvalue weighted by Gasteiger charge is 2.35. The molecule has 132 valence electrons. The number of rotatable bonds is 4. The van der Waals surface area contributed by atoms with Gasteiger partial charge in [0.25, 0.3) is 0 Å². The van der Waals surface area contributed by atoms with E-state index in [1.807, 2.05) is 0 Å². The Hall–Kier alpha value is -1.99.